The Labute approximate surface area is 118 Å². The molecule has 5 N–H and O–H groups in total. The lowest BCUT2D eigenvalue weighted by Crippen LogP contribution is -2.41. The number of aliphatic hydroxyl groups is 1. The van der Waals surface area contributed by atoms with Crippen LogP contribution in [0.5, 0.6) is 0 Å². The molecule has 0 aromatic heterocycles. The molecule has 0 saturated heterocycles. The van der Waals surface area contributed by atoms with Crippen LogP contribution in [0.25, 0.3) is 0 Å². The van der Waals surface area contributed by atoms with Gasteiger partial charge in [0.2, 0.25) is 5.91 Å². The van der Waals surface area contributed by atoms with Gasteiger partial charge in [0.15, 0.2) is 0 Å². The standard InChI is InChI=1S/C14H21N3O3/c1-14(2,9-18)8-17-12(19)7-16-13(20)10-3-5-11(15)6-4-10/h3-6,18H,7-9,15H2,1-2H3,(H,16,20)(H,17,19). The molecule has 0 aliphatic rings. The van der Waals surface area contributed by atoms with E-state index in [1.807, 2.05) is 13.8 Å². The lowest BCUT2D eigenvalue weighted by Gasteiger charge is -2.21. The molecule has 0 radical (unpaired) electrons. The van der Waals surface area contributed by atoms with Crippen molar-refractivity contribution in [2.45, 2.75) is 13.8 Å². The normalized spacial score (nSPS) is 10.9. The molecule has 0 spiro atoms. The second-order valence-electron chi connectivity index (χ2n) is 5.40. The van der Waals surface area contributed by atoms with Crippen LogP contribution in [0, 0.1) is 5.41 Å². The molecule has 6 nitrogen and oxygen atoms in total. The van der Waals surface area contributed by atoms with Crippen molar-refractivity contribution in [2.24, 2.45) is 5.41 Å². The maximum absolute atomic E-state index is 11.7. The van der Waals surface area contributed by atoms with Gasteiger partial charge in [-0.05, 0) is 24.3 Å². The topological polar surface area (TPSA) is 104 Å². The number of aliphatic hydroxyl groups excluding tert-OH is 1. The number of hydrogen-bond donors (Lipinski definition) is 4. The van der Waals surface area contributed by atoms with E-state index < -0.39 is 0 Å². The Balaban J connectivity index is 2.37. The van der Waals surface area contributed by atoms with Crippen LogP contribution >= 0.6 is 0 Å². The summed E-state index contributed by atoms with van der Waals surface area (Å²) in [4.78, 5) is 23.3. The summed E-state index contributed by atoms with van der Waals surface area (Å²) in [5.41, 5.74) is 6.17. The molecule has 0 fully saturated rings. The van der Waals surface area contributed by atoms with Crippen LogP contribution in [-0.4, -0.2) is 36.6 Å². The Morgan fingerprint density at radius 3 is 2.35 bits per heavy atom. The van der Waals surface area contributed by atoms with Crippen molar-refractivity contribution in [3.63, 3.8) is 0 Å². The number of nitrogens with one attached hydrogen (secondary N) is 2. The fraction of sp³-hybridized carbons (Fsp3) is 0.429. The largest absolute Gasteiger partial charge is 0.399 e. The lowest BCUT2D eigenvalue weighted by molar-refractivity contribution is -0.120. The van der Waals surface area contributed by atoms with Gasteiger partial charge in [0.25, 0.3) is 5.91 Å². The van der Waals surface area contributed by atoms with Gasteiger partial charge >= 0.3 is 0 Å². The van der Waals surface area contributed by atoms with Crippen LogP contribution < -0.4 is 16.4 Å². The number of carbonyl (C=O) groups excluding carboxylic acids is 2. The van der Waals surface area contributed by atoms with Gasteiger partial charge in [-0.15, -0.1) is 0 Å². The highest BCUT2D eigenvalue weighted by atomic mass is 16.3. The number of benzene rings is 1. The number of amides is 2. The summed E-state index contributed by atoms with van der Waals surface area (Å²) in [5.74, 6) is -0.628. The van der Waals surface area contributed by atoms with Gasteiger partial charge in [-0.3, -0.25) is 9.59 Å². The molecule has 1 aromatic carbocycles. The van der Waals surface area contributed by atoms with Crippen molar-refractivity contribution in [1.82, 2.24) is 10.6 Å². The van der Waals surface area contributed by atoms with Crippen molar-refractivity contribution in [2.75, 3.05) is 25.4 Å². The number of hydrogen-bond acceptors (Lipinski definition) is 4. The average molecular weight is 279 g/mol. The molecule has 6 heteroatoms. The van der Waals surface area contributed by atoms with E-state index in [1.165, 1.54) is 0 Å². The third kappa shape index (κ3) is 5.27. The molecule has 0 bridgehead atoms. The third-order valence-corrected chi connectivity index (χ3v) is 2.77. The van der Waals surface area contributed by atoms with Crippen LogP contribution in [0.4, 0.5) is 5.69 Å². The molecular weight excluding hydrogens is 258 g/mol. The maximum Gasteiger partial charge on any atom is 0.251 e. The van der Waals surface area contributed by atoms with Crippen LogP contribution in [0.1, 0.15) is 24.2 Å². The average Bonchev–Trinajstić information content (AvgIpc) is 2.43. The zero-order valence-electron chi connectivity index (χ0n) is 11.8. The Bertz CT molecular complexity index is 469. The fourth-order valence-electron chi connectivity index (χ4n) is 1.35. The zero-order valence-corrected chi connectivity index (χ0v) is 11.8. The number of carbonyl (C=O) groups is 2. The first kappa shape index (κ1) is 16.0. The van der Waals surface area contributed by atoms with Crippen LogP contribution in [0.15, 0.2) is 24.3 Å². The first-order chi connectivity index (χ1) is 9.34. The summed E-state index contributed by atoms with van der Waals surface area (Å²) in [6.45, 7) is 3.89. The third-order valence-electron chi connectivity index (χ3n) is 2.77. The van der Waals surface area contributed by atoms with Crippen molar-refractivity contribution in [3.8, 4) is 0 Å². The van der Waals surface area contributed by atoms with Gasteiger partial charge in [0, 0.05) is 29.8 Å². The smallest absolute Gasteiger partial charge is 0.251 e. The highest BCUT2D eigenvalue weighted by molar-refractivity contribution is 5.96. The summed E-state index contributed by atoms with van der Waals surface area (Å²) in [7, 11) is 0. The predicted octanol–water partition coefficient (Wildman–Crippen LogP) is 0.133. The Hall–Kier alpha value is -2.08. The molecule has 0 atom stereocenters. The van der Waals surface area contributed by atoms with E-state index >= 15 is 0 Å². The second kappa shape index (κ2) is 6.91. The Kier molecular flexibility index (Phi) is 5.52. The maximum atomic E-state index is 11.7. The lowest BCUT2D eigenvalue weighted by atomic mass is 9.95. The summed E-state index contributed by atoms with van der Waals surface area (Å²) in [6, 6.07) is 6.44. The van der Waals surface area contributed by atoms with E-state index in [2.05, 4.69) is 10.6 Å². The van der Waals surface area contributed by atoms with Crippen LogP contribution in [0.3, 0.4) is 0 Å². The molecule has 0 aliphatic carbocycles. The quantitative estimate of drug-likeness (QED) is 0.556. The molecule has 0 saturated carbocycles. The summed E-state index contributed by atoms with van der Waals surface area (Å²) in [6.07, 6.45) is 0. The predicted molar refractivity (Wildman–Crippen MR) is 77.1 cm³/mol. The molecule has 0 aliphatic heterocycles. The zero-order chi connectivity index (χ0) is 15.2. The molecule has 0 unspecified atom stereocenters. The fourth-order valence-corrected chi connectivity index (χ4v) is 1.35. The minimum absolute atomic E-state index is 0.0227. The minimum Gasteiger partial charge on any atom is -0.399 e. The van der Waals surface area contributed by atoms with Gasteiger partial charge in [-0.2, -0.15) is 0 Å². The van der Waals surface area contributed by atoms with Gasteiger partial charge < -0.3 is 21.5 Å². The Morgan fingerprint density at radius 1 is 1.20 bits per heavy atom. The molecule has 110 valence electrons. The first-order valence-electron chi connectivity index (χ1n) is 6.35. The number of rotatable bonds is 6. The van der Waals surface area contributed by atoms with Crippen molar-refractivity contribution in [1.29, 1.82) is 0 Å². The van der Waals surface area contributed by atoms with E-state index in [4.69, 9.17) is 10.8 Å². The number of nitrogens with two attached hydrogens (primary N) is 1. The summed E-state index contributed by atoms with van der Waals surface area (Å²) >= 11 is 0. The van der Waals surface area contributed by atoms with E-state index in [-0.39, 0.29) is 30.4 Å². The van der Waals surface area contributed by atoms with Crippen LogP contribution in [0.2, 0.25) is 0 Å². The second-order valence-corrected chi connectivity index (χ2v) is 5.40. The molecule has 2 amide bonds. The van der Waals surface area contributed by atoms with Gasteiger partial charge in [-0.1, -0.05) is 13.8 Å². The Morgan fingerprint density at radius 2 is 1.80 bits per heavy atom. The SMILES string of the molecule is CC(C)(CO)CNC(=O)CNC(=O)c1ccc(N)cc1. The van der Waals surface area contributed by atoms with Crippen molar-refractivity contribution in [3.05, 3.63) is 29.8 Å². The molecule has 1 aromatic rings. The number of anilines is 1. The molecule has 20 heavy (non-hydrogen) atoms. The monoisotopic (exact) mass is 279 g/mol. The first-order valence-corrected chi connectivity index (χ1v) is 6.35. The van der Waals surface area contributed by atoms with Crippen molar-refractivity contribution >= 4 is 17.5 Å². The van der Waals surface area contributed by atoms with Gasteiger partial charge in [0.1, 0.15) is 0 Å². The van der Waals surface area contributed by atoms with E-state index in [1.54, 1.807) is 24.3 Å². The van der Waals surface area contributed by atoms with E-state index in [0.717, 1.165) is 0 Å². The summed E-state index contributed by atoms with van der Waals surface area (Å²) in [5, 5.41) is 14.2. The van der Waals surface area contributed by atoms with E-state index in [9.17, 15) is 9.59 Å². The highest BCUT2D eigenvalue weighted by Crippen LogP contribution is 2.10. The minimum atomic E-state index is -0.378. The van der Waals surface area contributed by atoms with Crippen molar-refractivity contribution < 1.29 is 14.7 Å². The van der Waals surface area contributed by atoms with E-state index in [0.29, 0.717) is 17.8 Å². The number of nitrogen functional groups attached to an aromatic ring is 1. The highest BCUT2D eigenvalue weighted by Gasteiger charge is 2.17. The van der Waals surface area contributed by atoms with Gasteiger partial charge in [0.05, 0.1) is 6.54 Å². The summed E-state index contributed by atoms with van der Waals surface area (Å²) < 4.78 is 0. The van der Waals surface area contributed by atoms with Crippen LogP contribution in [-0.2, 0) is 4.79 Å². The van der Waals surface area contributed by atoms with Gasteiger partial charge in [-0.25, -0.2) is 0 Å². The molecule has 0 heterocycles. The molecular formula is C14H21N3O3. The molecule has 1 rings (SSSR count).